The molecular formula is C9H18Cl2N2Pt. The number of nitriles is 1. The minimum Gasteiger partial charge on any atom is -1.00 e. The van der Waals surface area contributed by atoms with Gasteiger partial charge in [0, 0.05) is 5.92 Å². The van der Waals surface area contributed by atoms with Crippen LogP contribution >= 0.6 is 0 Å². The summed E-state index contributed by atoms with van der Waals surface area (Å²) in [5.74, 6) is 0.392. The SMILES string of the molecule is CCN.N#CC1CCCCC1.[Cl-].[Cl-].[Pt+2]. The molecule has 1 saturated carbocycles. The summed E-state index contributed by atoms with van der Waals surface area (Å²) in [7, 11) is 0. The van der Waals surface area contributed by atoms with E-state index in [1.807, 2.05) is 6.92 Å². The summed E-state index contributed by atoms with van der Waals surface area (Å²) in [6, 6.07) is 2.30. The van der Waals surface area contributed by atoms with Crippen LogP contribution in [0.4, 0.5) is 0 Å². The van der Waals surface area contributed by atoms with Gasteiger partial charge in [-0.25, -0.2) is 0 Å². The van der Waals surface area contributed by atoms with Gasteiger partial charge in [0.15, 0.2) is 0 Å². The molecule has 5 heteroatoms. The Morgan fingerprint density at radius 2 is 1.57 bits per heavy atom. The second-order valence-electron chi connectivity index (χ2n) is 2.87. The maximum atomic E-state index is 8.44. The molecule has 2 N–H and O–H groups in total. The molecule has 0 unspecified atom stereocenters. The van der Waals surface area contributed by atoms with Crippen molar-refractivity contribution in [2.75, 3.05) is 6.54 Å². The van der Waals surface area contributed by atoms with Crippen molar-refractivity contribution in [1.29, 1.82) is 5.26 Å². The molecule has 0 radical (unpaired) electrons. The first kappa shape index (κ1) is 24.1. The van der Waals surface area contributed by atoms with E-state index < -0.39 is 0 Å². The van der Waals surface area contributed by atoms with Gasteiger partial charge in [0.05, 0.1) is 6.07 Å². The number of hydrogen-bond acceptors (Lipinski definition) is 2. The summed E-state index contributed by atoms with van der Waals surface area (Å²) < 4.78 is 0. The third-order valence-corrected chi connectivity index (χ3v) is 1.79. The van der Waals surface area contributed by atoms with Gasteiger partial charge in [-0.1, -0.05) is 26.2 Å². The molecule has 0 amide bonds. The van der Waals surface area contributed by atoms with E-state index in [0.29, 0.717) is 5.92 Å². The van der Waals surface area contributed by atoms with Crippen molar-refractivity contribution in [3.8, 4) is 6.07 Å². The molecule has 0 saturated heterocycles. The molecule has 0 bridgehead atoms. The third kappa shape index (κ3) is 15.2. The average molecular weight is 420 g/mol. The van der Waals surface area contributed by atoms with Gasteiger partial charge in [0.25, 0.3) is 0 Å². The van der Waals surface area contributed by atoms with Gasteiger partial charge in [-0.3, -0.25) is 0 Å². The van der Waals surface area contributed by atoms with E-state index in [4.69, 9.17) is 11.0 Å². The fourth-order valence-electron chi connectivity index (χ4n) is 1.23. The minimum atomic E-state index is 0. The minimum absolute atomic E-state index is 0. The fraction of sp³-hybridized carbons (Fsp3) is 0.889. The molecule has 2 nitrogen and oxygen atoms in total. The van der Waals surface area contributed by atoms with Crippen LogP contribution in [0, 0.1) is 17.2 Å². The third-order valence-electron chi connectivity index (χ3n) is 1.79. The van der Waals surface area contributed by atoms with E-state index in [1.165, 1.54) is 19.3 Å². The van der Waals surface area contributed by atoms with E-state index >= 15 is 0 Å². The largest absolute Gasteiger partial charge is 2.00 e. The Hall–Kier alpha value is 0.718. The number of halogens is 2. The number of rotatable bonds is 0. The van der Waals surface area contributed by atoms with Crippen LogP contribution in [0.3, 0.4) is 0 Å². The van der Waals surface area contributed by atoms with E-state index in [-0.39, 0.29) is 45.9 Å². The van der Waals surface area contributed by atoms with Gasteiger partial charge < -0.3 is 30.5 Å². The molecule has 0 atom stereocenters. The molecule has 1 aliphatic carbocycles. The van der Waals surface area contributed by atoms with Gasteiger partial charge in [-0.15, -0.1) is 0 Å². The first-order valence-electron chi connectivity index (χ1n) is 4.44. The van der Waals surface area contributed by atoms with Crippen molar-refractivity contribution in [1.82, 2.24) is 0 Å². The van der Waals surface area contributed by atoms with E-state index in [1.54, 1.807) is 0 Å². The second kappa shape index (κ2) is 19.3. The Balaban J connectivity index is -0.0000000758. The topological polar surface area (TPSA) is 49.8 Å². The Labute approximate surface area is 114 Å². The van der Waals surface area contributed by atoms with E-state index in [9.17, 15) is 0 Å². The number of hydrogen-bond donors (Lipinski definition) is 1. The fourth-order valence-corrected chi connectivity index (χ4v) is 1.23. The molecule has 0 aromatic rings. The quantitative estimate of drug-likeness (QED) is 0.436. The van der Waals surface area contributed by atoms with Crippen molar-refractivity contribution in [3.05, 3.63) is 0 Å². The molecule has 0 aliphatic heterocycles. The molecule has 88 valence electrons. The molecule has 14 heavy (non-hydrogen) atoms. The Morgan fingerprint density at radius 1 is 1.21 bits per heavy atom. The van der Waals surface area contributed by atoms with Gasteiger partial charge in [0.2, 0.25) is 0 Å². The van der Waals surface area contributed by atoms with Crippen LogP contribution in [0.15, 0.2) is 0 Å². The van der Waals surface area contributed by atoms with Crippen molar-refractivity contribution in [3.63, 3.8) is 0 Å². The smallest absolute Gasteiger partial charge is 1.00 e. The standard InChI is InChI=1S/C7H11N.C2H7N.2ClH.Pt/c8-6-7-4-2-1-3-5-7;1-2-3;;;/h7H,1-5H2;2-3H2,1H3;2*1H;/q;;;;+2/p-2. The average Bonchev–Trinajstić information content (AvgIpc) is 2.08. The zero-order valence-corrected chi connectivity index (χ0v) is 12.2. The molecule has 0 spiro atoms. The van der Waals surface area contributed by atoms with Crippen LogP contribution in [0.2, 0.25) is 0 Å². The summed E-state index contributed by atoms with van der Waals surface area (Å²) >= 11 is 0. The van der Waals surface area contributed by atoms with Crippen LogP contribution < -0.4 is 30.5 Å². The van der Waals surface area contributed by atoms with Crippen LogP contribution in [0.5, 0.6) is 0 Å². The van der Waals surface area contributed by atoms with Crippen molar-refractivity contribution < 1.29 is 45.9 Å². The zero-order valence-electron chi connectivity index (χ0n) is 8.42. The van der Waals surface area contributed by atoms with Crippen LogP contribution in [0.1, 0.15) is 39.0 Å². The first-order chi connectivity index (χ1) is 5.35. The number of nitrogens with zero attached hydrogens (tertiary/aromatic N) is 1. The summed E-state index contributed by atoms with van der Waals surface area (Å²) in [6.45, 7) is 2.65. The van der Waals surface area contributed by atoms with Crippen molar-refractivity contribution >= 4 is 0 Å². The summed E-state index contributed by atoms with van der Waals surface area (Å²) in [5.41, 5.74) is 4.85. The molecule has 1 rings (SSSR count). The number of nitrogens with two attached hydrogens (primary N) is 1. The van der Waals surface area contributed by atoms with E-state index in [0.717, 1.165) is 19.4 Å². The van der Waals surface area contributed by atoms with Gasteiger partial charge in [-0.05, 0) is 19.4 Å². The second-order valence-corrected chi connectivity index (χ2v) is 2.87. The molecule has 1 aliphatic rings. The van der Waals surface area contributed by atoms with Crippen LogP contribution in [0.25, 0.3) is 0 Å². The van der Waals surface area contributed by atoms with Crippen LogP contribution in [-0.2, 0) is 21.1 Å². The Bertz CT molecular complexity index is 122. The molecule has 0 aromatic heterocycles. The molecule has 1 fully saturated rings. The van der Waals surface area contributed by atoms with Gasteiger partial charge in [0.1, 0.15) is 0 Å². The van der Waals surface area contributed by atoms with Gasteiger partial charge >= 0.3 is 21.1 Å². The molecular weight excluding hydrogens is 402 g/mol. The maximum absolute atomic E-state index is 8.44. The van der Waals surface area contributed by atoms with Crippen molar-refractivity contribution in [2.24, 2.45) is 11.7 Å². The summed E-state index contributed by atoms with van der Waals surface area (Å²) in [5, 5.41) is 8.44. The Kier molecular flexibility index (Phi) is 33.3. The molecule has 0 heterocycles. The van der Waals surface area contributed by atoms with Crippen LogP contribution in [-0.4, -0.2) is 6.54 Å². The predicted molar refractivity (Wildman–Crippen MR) is 46.9 cm³/mol. The summed E-state index contributed by atoms with van der Waals surface area (Å²) in [4.78, 5) is 0. The summed E-state index contributed by atoms with van der Waals surface area (Å²) in [6.07, 6.45) is 6.20. The Morgan fingerprint density at radius 3 is 1.79 bits per heavy atom. The first-order valence-corrected chi connectivity index (χ1v) is 4.44. The molecule has 0 aromatic carbocycles. The van der Waals surface area contributed by atoms with E-state index in [2.05, 4.69) is 6.07 Å². The predicted octanol–water partition coefficient (Wildman–Crippen LogP) is -3.94. The maximum Gasteiger partial charge on any atom is 2.00 e. The van der Waals surface area contributed by atoms with Crippen molar-refractivity contribution in [2.45, 2.75) is 39.0 Å². The zero-order chi connectivity index (χ0) is 8.53. The monoisotopic (exact) mass is 419 g/mol. The van der Waals surface area contributed by atoms with Gasteiger partial charge in [-0.2, -0.15) is 5.26 Å². The normalized spacial score (nSPS) is 14.1.